The van der Waals surface area contributed by atoms with Gasteiger partial charge in [0.15, 0.2) is 5.78 Å². The minimum Gasteiger partial charge on any atom is -0.448 e. The van der Waals surface area contributed by atoms with E-state index < -0.39 is 5.56 Å². The Morgan fingerprint density at radius 2 is 1.85 bits per heavy atom. The van der Waals surface area contributed by atoms with Crippen molar-refractivity contribution in [1.29, 1.82) is 0 Å². The number of hydrogen-bond acceptors (Lipinski definition) is 5. The third kappa shape index (κ3) is 3.10. The van der Waals surface area contributed by atoms with E-state index in [1.54, 1.807) is 30.3 Å². The number of rotatable bonds is 4. The molecule has 0 fully saturated rings. The van der Waals surface area contributed by atoms with Crippen molar-refractivity contribution >= 4 is 39.4 Å². The van der Waals surface area contributed by atoms with Gasteiger partial charge in [-0.1, -0.05) is 12.1 Å². The van der Waals surface area contributed by atoms with Crippen molar-refractivity contribution in [2.45, 2.75) is 13.5 Å². The van der Waals surface area contributed by atoms with Crippen molar-refractivity contribution in [1.82, 2.24) is 9.55 Å². The summed E-state index contributed by atoms with van der Waals surface area (Å²) in [7, 11) is 0. The van der Waals surface area contributed by atoms with E-state index in [1.165, 1.54) is 17.8 Å². The van der Waals surface area contributed by atoms with Crippen LogP contribution in [-0.4, -0.2) is 21.2 Å². The number of nitrogens with one attached hydrogen (secondary N) is 1. The highest BCUT2D eigenvalue weighted by Gasteiger charge is 2.14. The highest BCUT2D eigenvalue weighted by Crippen LogP contribution is 2.24. The van der Waals surface area contributed by atoms with Crippen molar-refractivity contribution in [3.63, 3.8) is 0 Å². The summed E-state index contributed by atoms with van der Waals surface area (Å²) in [5.74, 6) is -0.436. The Morgan fingerprint density at radius 3 is 2.59 bits per heavy atom. The number of carbonyl (C=O) groups excluding carboxylic acids is 2. The number of anilines is 1. The molecule has 0 spiro atoms. The zero-order chi connectivity index (χ0) is 19.0. The number of fused-ring (bicyclic) bond motifs is 3. The molecular formula is C20H15N3O4. The Morgan fingerprint density at radius 1 is 1.11 bits per heavy atom. The van der Waals surface area contributed by atoms with Crippen LogP contribution in [-0.2, 0) is 11.3 Å². The van der Waals surface area contributed by atoms with Crippen LogP contribution in [0.25, 0.3) is 22.1 Å². The number of benzene rings is 2. The van der Waals surface area contributed by atoms with E-state index in [1.807, 2.05) is 18.2 Å². The Labute approximate surface area is 153 Å². The van der Waals surface area contributed by atoms with Gasteiger partial charge in [-0.2, -0.15) is 0 Å². The van der Waals surface area contributed by atoms with Gasteiger partial charge < -0.3 is 9.73 Å². The first-order chi connectivity index (χ1) is 13.0. The predicted octanol–water partition coefficient (Wildman–Crippen LogP) is 2.98. The van der Waals surface area contributed by atoms with E-state index in [2.05, 4.69) is 10.3 Å². The van der Waals surface area contributed by atoms with Crippen LogP contribution in [0.4, 0.5) is 5.69 Å². The van der Waals surface area contributed by atoms with Gasteiger partial charge in [0.25, 0.3) is 5.56 Å². The maximum absolute atomic E-state index is 12.6. The Kier molecular flexibility index (Phi) is 4.04. The Bertz CT molecular complexity index is 1240. The highest BCUT2D eigenvalue weighted by molar-refractivity contribution is 6.02. The van der Waals surface area contributed by atoms with Crippen molar-refractivity contribution in [3.8, 4) is 0 Å². The number of carbonyl (C=O) groups is 2. The number of nitrogens with zero attached hydrogens (tertiary/aromatic N) is 2. The third-order valence-electron chi connectivity index (χ3n) is 4.24. The topological polar surface area (TPSA) is 94.2 Å². The molecule has 7 heteroatoms. The van der Waals surface area contributed by atoms with E-state index in [9.17, 15) is 14.4 Å². The molecule has 0 radical (unpaired) electrons. The second kappa shape index (κ2) is 6.53. The molecule has 4 aromatic rings. The molecule has 0 aliphatic rings. The number of amides is 1. The largest absolute Gasteiger partial charge is 0.448 e. The average molecular weight is 361 g/mol. The summed E-state index contributed by atoms with van der Waals surface area (Å²) in [5.41, 5.74) is 1.85. The molecule has 2 heterocycles. The van der Waals surface area contributed by atoms with Crippen molar-refractivity contribution in [2.24, 2.45) is 0 Å². The molecule has 7 nitrogen and oxygen atoms in total. The molecule has 0 aliphatic carbocycles. The molecule has 0 bridgehead atoms. The van der Waals surface area contributed by atoms with Crippen molar-refractivity contribution in [2.75, 3.05) is 5.32 Å². The Balaban J connectivity index is 1.58. The molecule has 0 aliphatic heterocycles. The summed E-state index contributed by atoms with van der Waals surface area (Å²) in [5, 5.41) is 3.45. The molecule has 0 atom stereocenters. The summed E-state index contributed by atoms with van der Waals surface area (Å²) in [4.78, 5) is 40.4. The van der Waals surface area contributed by atoms with Crippen LogP contribution in [0.2, 0.25) is 0 Å². The predicted molar refractivity (Wildman–Crippen MR) is 101 cm³/mol. The second-order valence-corrected chi connectivity index (χ2v) is 6.14. The molecule has 27 heavy (non-hydrogen) atoms. The number of ketones is 1. The molecule has 0 saturated heterocycles. The van der Waals surface area contributed by atoms with Gasteiger partial charge >= 0.3 is 0 Å². The minimum absolute atomic E-state index is 0.0513. The average Bonchev–Trinajstić information content (AvgIpc) is 3.04. The summed E-state index contributed by atoms with van der Waals surface area (Å²) < 4.78 is 6.80. The first-order valence-electron chi connectivity index (χ1n) is 8.30. The zero-order valence-electron chi connectivity index (χ0n) is 14.4. The van der Waals surface area contributed by atoms with Gasteiger partial charge in [0.1, 0.15) is 17.6 Å². The first kappa shape index (κ1) is 16.7. The van der Waals surface area contributed by atoms with Gasteiger partial charge in [-0.25, -0.2) is 4.98 Å². The van der Waals surface area contributed by atoms with E-state index in [4.69, 9.17) is 4.42 Å². The lowest BCUT2D eigenvalue weighted by molar-refractivity contribution is -0.116. The first-order valence-corrected chi connectivity index (χ1v) is 8.30. The fraction of sp³-hybridized carbons (Fsp3) is 0.100. The van der Waals surface area contributed by atoms with Gasteiger partial charge in [-0.15, -0.1) is 0 Å². The monoisotopic (exact) mass is 361 g/mol. The summed E-state index contributed by atoms with van der Waals surface area (Å²) in [6, 6.07) is 13.8. The van der Waals surface area contributed by atoms with E-state index >= 15 is 0 Å². The lowest BCUT2D eigenvalue weighted by Gasteiger charge is -2.07. The summed E-state index contributed by atoms with van der Waals surface area (Å²) in [6.45, 7) is 1.27. The van der Waals surface area contributed by atoms with Gasteiger partial charge in [-0.05, 0) is 43.3 Å². The van der Waals surface area contributed by atoms with E-state index in [-0.39, 0.29) is 23.8 Å². The van der Waals surface area contributed by atoms with Crippen LogP contribution >= 0.6 is 0 Å². The Hall–Kier alpha value is -3.74. The minimum atomic E-state index is -0.418. The zero-order valence-corrected chi connectivity index (χ0v) is 14.4. The fourth-order valence-electron chi connectivity index (χ4n) is 2.87. The van der Waals surface area contributed by atoms with Crippen LogP contribution in [0.3, 0.4) is 0 Å². The standard InChI is InChI=1S/C20H15N3O4/c1-12(24)13-6-8-14(9-7-13)22-17(25)10-23-11-21-18-15-4-2-3-5-16(15)27-19(18)20(23)26/h2-9,11H,10H2,1H3,(H,22,25). The van der Waals surface area contributed by atoms with Crippen molar-refractivity contribution < 1.29 is 14.0 Å². The lowest BCUT2D eigenvalue weighted by atomic mass is 10.1. The SMILES string of the molecule is CC(=O)c1ccc(NC(=O)Cn2cnc3c(oc4ccccc43)c2=O)cc1. The van der Waals surface area contributed by atoms with Crippen LogP contribution in [0.1, 0.15) is 17.3 Å². The lowest BCUT2D eigenvalue weighted by Crippen LogP contribution is -2.27. The van der Waals surface area contributed by atoms with Crippen molar-refractivity contribution in [3.05, 3.63) is 70.8 Å². The van der Waals surface area contributed by atoms with Gasteiger partial charge in [-0.3, -0.25) is 19.0 Å². The molecule has 2 aromatic heterocycles. The van der Waals surface area contributed by atoms with Gasteiger partial charge in [0.2, 0.25) is 11.5 Å². The molecule has 1 N–H and O–H groups in total. The number of aromatic nitrogens is 2. The van der Waals surface area contributed by atoms with Crippen LogP contribution in [0, 0.1) is 0 Å². The smallest absolute Gasteiger partial charge is 0.297 e. The molecule has 134 valence electrons. The van der Waals surface area contributed by atoms with E-state index in [0.717, 1.165) is 5.39 Å². The number of furan rings is 1. The molecule has 1 amide bonds. The van der Waals surface area contributed by atoms with Gasteiger partial charge in [0, 0.05) is 16.6 Å². The fourth-order valence-corrected chi connectivity index (χ4v) is 2.87. The normalized spacial score (nSPS) is 11.0. The number of hydrogen-bond donors (Lipinski definition) is 1. The molecule has 0 unspecified atom stereocenters. The molecule has 2 aromatic carbocycles. The van der Waals surface area contributed by atoms with Crippen LogP contribution in [0.15, 0.2) is 64.1 Å². The van der Waals surface area contributed by atoms with Crippen LogP contribution < -0.4 is 10.9 Å². The van der Waals surface area contributed by atoms with Gasteiger partial charge in [0.05, 0.1) is 6.33 Å². The number of para-hydroxylation sites is 1. The summed E-state index contributed by atoms with van der Waals surface area (Å²) >= 11 is 0. The molecule has 4 rings (SSSR count). The van der Waals surface area contributed by atoms with E-state index in [0.29, 0.717) is 22.4 Å². The summed E-state index contributed by atoms with van der Waals surface area (Å²) in [6.07, 6.45) is 1.34. The molecular weight excluding hydrogens is 346 g/mol. The number of Topliss-reactive ketones (excluding diaryl/α,β-unsaturated/α-hetero) is 1. The van der Waals surface area contributed by atoms with Crippen LogP contribution in [0.5, 0.6) is 0 Å². The maximum atomic E-state index is 12.6. The quantitative estimate of drug-likeness (QED) is 0.564. The maximum Gasteiger partial charge on any atom is 0.297 e. The second-order valence-electron chi connectivity index (χ2n) is 6.14. The highest BCUT2D eigenvalue weighted by atomic mass is 16.3. The third-order valence-corrected chi connectivity index (χ3v) is 4.24. The molecule has 0 saturated carbocycles.